The Labute approximate surface area is 85.8 Å². The van der Waals surface area contributed by atoms with Gasteiger partial charge < -0.3 is 5.32 Å². The lowest BCUT2D eigenvalue weighted by Crippen LogP contribution is -2.22. The van der Waals surface area contributed by atoms with Gasteiger partial charge in [0.05, 0.1) is 12.7 Å². The molecular formula is C11H19N3. The summed E-state index contributed by atoms with van der Waals surface area (Å²) in [7, 11) is 0. The van der Waals surface area contributed by atoms with E-state index in [9.17, 15) is 0 Å². The fourth-order valence-electron chi connectivity index (χ4n) is 1.17. The standard InChI is InChI=1S/C11H19N3/c1-4-10(2)7-12-5-6-14-9-11(3)8-13-14/h8-9,12H,2,4-7H2,1,3H3. The fraction of sp³-hybridized carbons (Fsp3) is 0.545. The molecule has 0 amide bonds. The van der Waals surface area contributed by atoms with Gasteiger partial charge in [0.15, 0.2) is 0 Å². The van der Waals surface area contributed by atoms with E-state index in [0.717, 1.165) is 26.1 Å². The Kier molecular flexibility index (Phi) is 4.40. The van der Waals surface area contributed by atoms with Gasteiger partial charge >= 0.3 is 0 Å². The Morgan fingerprint density at radius 3 is 3.00 bits per heavy atom. The summed E-state index contributed by atoms with van der Waals surface area (Å²) in [5, 5.41) is 7.54. The van der Waals surface area contributed by atoms with E-state index in [2.05, 4.69) is 37.0 Å². The van der Waals surface area contributed by atoms with Crippen LogP contribution in [-0.2, 0) is 6.54 Å². The molecular weight excluding hydrogens is 174 g/mol. The molecule has 0 aliphatic heterocycles. The molecule has 3 nitrogen and oxygen atoms in total. The van der Waals surface area contributed by atoms with E-state index in [-0.39, 0.29) is 0 Å². The van der Waals surface area contributed by atoms with Crippen LogP contribution in [0.1, 0.15) is 18.9 Å². The van der Waals surface area contributed by atoms with Crippen molar-refractivity contribution in [3.8, 4) is 0 Å². The molecule has 1 N–H and O–H groups in total. The van der Waals surface area contributed by atoms with Crippen LogP contribution in [0.5, 0.6) is 0 Å². The summed E-state index contributed by atoms with van der Waals surface area (Å²) in [6.07, 6.45) is 4.98. The van der Waals surface area contributed by atoms with E-state index in [4.69, 9.17) is 0 Å². The number of hydrogen-bond acceptors (Lipinski definition) is 2. The molecule has 0 bridgehead atoms. The van der Waals surface area contributed by atoms with Gasteiger partial charge in [-0.1, -0.05) is 19.1 Å². The summed E-state index contributed by atoms with van der Waals surface area (Å²) in [5.41, 5.74) is 2.46. The molecule has 78 valence electrons. The minimum absolute atomic E-state index is 0.913. The van der Waals surface area contributed by atoms with Crippen molar-refractivity contribution < 1.29 is 0 Å². The number of aromatic nitrogens is 2. The van der Waals surface area contributed by atoms with E-state index in [1.165, 1.54) is 11.1 Å². The zero-order chi connectivity index (χ0) is 10.4. The SMILES string of the molecule is C=C(CC)CNCCn1cc(C)cn1. The summed E-state index contributed by atoms with van der Waals surface area (Å²) in [6.45, 7) is 10.9. The first-order valence-electron chi connectivity index (χ1n) is 5.08. The van der Waals surface area contributed by atoms with Crippen molar-refractivity contribution in [3.05, 3.63) is 30.1 Å². The summed E-state index contributed by atoms with van der Waals surface area (Å²) in [5.74, 6) is 0. The fourth-order valence-corrected chi connectivity index (χ4v) is 1.17. The quantitative estimate of drug-likeness (QED) is 0.551. The van der Waals surface area contributed by atoms with Crippen LogP contribution in [0.15, 0.2) is 24.5 Å². The van der Waals surface area contributed by atoms with Crippen LogP contribution >= 0.6 is 0 Å². The van der Waals surface area contributed by atoms with Gasteiger partial charge in [-0.05, 0) is 18.9 Å². The van der Waals surface area contributed by atoms with Crippen molar-refractivity contribution in [2.75, 3.05) is 13.1 Å². The van der Waals surface area contributed by atoms with Crippen molar-refractivity contribution in [3.63, 3.8) is 0 Å². The van der Waals surface area contributed by atoms with Gasteiger partial charge in [0.2, 0.25) is 0 Å². The third-order valence-corrected chi connectivity index (χ3v) is 2.16. The highest BCUT2D eigenvalue weighted by atomic mass is 15.3. The second-order valence-electron chi connectivity index (χ2n) is 3.56. The van der Waals surface area contributed by atoms with Crippen molar-refractivity contribution in [2.24, 2.45) is 0 Å². The molecule has 0 aliphatic carbocycles. The smallest absolute Gasteiger partial charge is 0.0534 e. The molecule has 1 rings (SSSR count). The minimum atomic E-state index is 0.913. The van der Waals surface area contributed by atoms with Crippen LogP contribution in [0.2, 0.25) is 0 Å². The largest absolute Gasteiger partial charge is 0.311 e. The Morgan fingerprint density at radius 2 is 2.43 bits per heavy atom. The first kappa shape index (κ1) is 11.0. The van der Waals surface area contributed by atoms with Crippen LogP contribution in [-0.4, -0.2) is 22.9 Å². The average Bonchev–Trinajstić information content (AvgIpc) is 2.58. The van der Waals surface area contributed by atoms with Gasteiger partial charge in [-0.15, -0.1) is 0 Å². The minimum Gasteiger partial charge on any atom is -0.311 e. The Morgan fingerprint density at radius 1 is 1.64 bits per heavy atom. The Bertz CT molecular complexity index is 288. The normalized spacial score (nSPS) is 10.4. The molecule has 1 aromatic heterocycles. The molecule has 0 atom stereocenters. The van der Waals surface area contributed by atoms with Crippen molar-refractivity contribution in [1.29, 1.82) is 0 Å². The lowest BCUT2D eigenvalue weighted by molar-refractivity contribution is 0.567. The summed E-state index contributed by atoms with van der Waals surface area (Å²) in [6, 6.07) is 0. The molecule has 1 aromatic rings. The average molecular weight is 193 g/mol. The van der Waals surface area contributed by atoms with E-state index >= 15 is 0 Å². The van der Waals surface area contributed by atoms with Crippen LogP contribution in [0.3, 0.4) is 0 Å². The van der Waals surface area contributed by atoms with Crippen LogP contribution < -0.4 is 5.32 Å². The maximum atomic E-state index is 4.21. The predicted molar refractivity (Wildman–Crippen MR) is 59.3 cm³/mol. The van der Waals surface area contributed by atoms with E-state index in [1.807, 2.05) is 10.9 Å². The van der Waals surface area contributed by atoms with Gasteiger partial charge in [-0.25, -0.2) is 0 Å². The van der Waals surface area contributed by atoms with Crippen LogP contribution in [0.4, 0.5) is 0 Å². The highest BCUT2D eigenvalue weighted by molar-refractivity contribution is 4.99. The molecule has 0 unspecified atom stereocenters. The van der Waals surface area contributed by atoms with Gasteiger partial charge in [0.25, 0.3) is 0 Å². The Hall–Kier alpha value is -1.09. The second kappa shape index (κ2) is 5.60. The van der Waals surface area contributed by atoms with E-state index < -0.39 is 0 Å². The lowest BCUT2D eigenvalue weighted by Gasteiger charge is -2.05. The zero-order valence-electron chi connectivity index (χ0n) is 9.08. The third kappa shape index (κ3) is 3.75. The van der Waals surface area contributed by atoms with Gasteiger partial charge in [-0.3, -0.25) is 4.68 Å². The summed E-state index contributed by atoms with van der Waals surface area (Å²) >= 11 is 0. The summed E-state index contributed by atoms with van der Waals surface area (Å²) < 4.78 is 1.96. The van der Waals surface area contributed by atoms with Crippen LogP contribution in [0, 0.1) is 6.92 Å². The van der Waals surface area contributed by atoms with Gasteiger partial charge in [0, 0.05) is 19.3 Å². The van der Waals surface area contributed by atoms with Crippen LogP contribution in [0.25, 0.3) is 0 Å². The number of aryl methyl sites for hydroxylation is 1. The number of nitrogens with zero attached hydrogens (tertiary/aromatic N) is 2. The molecule has 1 heterocycles. The number of hydrogen-bond donors (Lipinski definition) is 1. The molecule has 0 spiro atoms. The maximum Gasteiger partial charge on any atom is 0.0534 e. The van der Waals surface area contributed by atoms with Crippen molar-refractivity contribution in [2.45, 2.75) is 26.8 Å². The number of nitrogens with one attached hydrogen (secondary N) is 1. The maximum absolute atomic E-state index is 4.21. The summed E-state index contributed by atoms with van der Waals surface area (Å²) in [4.78, 5) is 0. The molecule has 14 heavy (non-hydrogen) atoms. The second-order valence-corrected chi connectivity index (χ2v) is 3.56. The third-order valence-electron chi connectivity index (χ3n) is 2.16. The van der Waals surface area contributed by atoms with Gasteiger partial charge in [-0.2, -0.15) is 5.10 Å². The Balaban J connectivity index is 2.13. The molecule has 0 aliphatic rings. The monoisotopic (exact) mass is 193 g/mol. The van der Waals surface area contributed by atoms with Crippen molar-refractivity contribution in [1.82, 2.24) is 15.1 Å². The molecule has 3 heteroatoms. The predicted octanol–water partition coefficient (Wildman–Crippen LogP) is 1.75. The first-order chi connectivity index (χ1) is 6.72. The molecule has 0 aromatic carbocycles. The van der Waals surface area contributed by atoms with Gasteiger partial charge in [0.1, 0.15) is 0 Å². The molecule has 0 saturated heterocycles. The van der Waals surface area contributed by atoms with E-state index in [0.29, 0.717) is 0 Å². The highest BCUT2D eigenvalue weighted by Gasteiger charge is 1.94. The van der Waals surface area contributed by atoms with Crippen molar-refractivity contribution >= 4 is 0 Å². The number of rotatable bonds is 6. The molecule has 0 radical (unpaired) electrons. The first-order valence-corrected chi connectivity index (χ1v) is 5.08. The lowest BCUT2D eigenvalue weighted by atomic mass is 10.2. The highest BCUT2D eigenvalue weighted by Crippen LogP contribution is 1.94. The topological polar surface area (TPSA) is 29.9 Å². The molecule has 0 fully saturated rings. The zero-order valence-corrected chi connectivity index (χ0v) is 9.08. The molecule has 0 saturated carbocycles. The van der Waals surface area contributed by atoms with E-state index in [1.54, 1.807) is 0 Å².